The standard InChI is InChI=1S/C29H26FN7O2/c1-37(2)6-7-39-21-10-18(13-31-14-21)24-4-5-25-28(34-24)29(36-35-25)26-12-22-23(15-32-16-27(22)33-26)17-8-19(30)11-20(9-17)38-3/h4-5,8-16,33H,6-7H2,1-3H3,(H,35,36). The molecule has 0 aliphatic rings. The van der Waals surface area contributed by atoms with Crippen molar-refractivity contribution in [2.24, 2.45) is 0 Å². The van der Waals surface area contributed by atoms with Crippen LogP contribution in [-0.2, 0) is 0 Å². The molecule has 0 saturated heterocycles. The quantitative estimate of drug-likeness (QED) is 0.278. The van der Waals surface area contributed by atoms with E-state index in [9.17, 15) is 4.39 Å². The number of likely N-dealkylation sites (N-methyl/N-ethyl adjacent to an activating group) is 1. The van der Waals surface area contributed by atoms with E-state index < -0.39 is 0 Å². The average Bonchev–Trinajstić information content (AvgIpc) is 3.56. The lowest BCUT2D eigenvalue weighted by Crippen LogP contribution is -2.19. The lowest BCUT2D eigenvalue weighted by Gasteiger charge is -2.11. The first-order chi connectivity index (χ1) is 19.0. The fraction of sp³-hybridized carbons (Fsp3) is 0.172. The maximum atomic E-state index is 14.3. The normalized spacial score (nSPS) is 11.5. The number of nitrogens with zero attached hydrogens (tertiary/aromatic N) is 5. The molecule has 0 amide bonds. The van der Waals surface area contributed by atoms with E-state index in [2.05, 4.69) is 30.0 Å². The summed E-state index contributed by atoms with van der Waals surface area (Å²) in [4.78, 5) is 19.1. The van der Waals surface area contributed by atoms with Crippen molar-refractivity contribution >= 4 is 21.9 Å². The Kier molecular flexibility index (Phi) is 6.37. The number of halogens is 1. The molecule has 0 atom stereocenters. The number of ether oxygens (including phenoxy) is 2. The van der Waals surface area contributed by atoms with Gasteiger partial charge in [-0.2, -0.15) is 5.10 Å². The highest BCUT2D eigenvalue weighted by atomic mass is 19.1. The number of hydrogen-bond acceptors (Lipinski definition) is 7. The van der Waals surface area contributed by atoms with Gasteiger partial charge in [-0.15, -0.1) is 0 Å². The van der Waals surface area contributed by atoms with Crippen molar-refractivity contribution in [1.82, 2.24) is 35.0 Å². The molecule has 0 spiro atoms. The van der Waals surface area contributed by atoms with E-state index in [-0.39, 0.29) is 5.82 Å². The largest absolute Gasteiger partial charge is 0.497 e. The third-order valence-electron chi connectivity index (χ3n) is 6.44. The number of rotatable bonds is 8. The molecule has 0 unspecified atom stereocenters. The smallest absolute Gasteiger partial charge is 0.138 e. The maximum absolute atomic E-state index is 14.3. The van der Waals surface area contributed by atoms with Gasteiger partial charge >= 0.3 is 0 Å². The van der Waals surface area contributed by atoms with Gasteiger partial charge < -0.3 is 19.4 Å². The van der Waals surface area contributed by atoms with Gasteiger partial charge in [0.15, 0.2) is 0 Å². The van der Waals surface area contributed by atoms with E-state index in [0.29, 0.717) is 34.9 Å². The average molecular weight is 524 g/mol. The van der Waals surface area contributed by atoms with E-state index in [1.165, 1.54) is 19.2 Å². The third kappa shape index (κ3) is 4.89. The van der Waals surface area contributed by atoms with Gasteiger partial charge in [0.2, 0.25) is 0 Å². The molecule has 39 heavy (non-hydrogen) atoms. The van der Waals surface area contributed by atoms with E-state index >= 15 is 0 Å². The third-order valence-corrected chi connectivity index (χ3v) is 6.44. The summed E-state index contributed by atoms with van der Waals surface area (Å²) in [6.07, 6.45) is 6.92. The Balaban J connectivity index is 1.38. The predicted molar refractivity (Wildman–Crippen MR) is 148 cm³/mol. The number of hydrogen-bond donors (Lipinski definition) is 2. The highest BCUT2D eigenvalue weighted by Crippen LogP contribution is 2.35. The van der Waals surface area contributed by atoms with Crippen LogP contribution >= 0.6 is 0 Å². The van der Waals surface area contributed by atoms with Crippen LogP contribution in [0.15, 0.2) is 67.3 Å². The summed E-state index contributed by atoms with van der Waals surface area (Å²) in [6, 6.07) is 12.4. The Morgan fingerprint density at radius 2 is 1.74 bits per heavy atom. The van der Waals surface area contributed by atoms with E-state index in [1.807, 2.05) is 38.4 Å². The maximum Gasteiger partial charge on any atom is 0.138 e. The summed E-state index contributed by atoms with van der Waals surface area (Å²) in [5, 5.41) is 8.50. The van der Waals surface area contributed by atoms with Crippen LogP contribution in [0.3, 0.4) is 0 Å². The minimum atomic E-state index is -0.381. The number of nitrogens with one attached hydrogen (secondary N) is 2. The minimum Gasteiger partial charge on any atom is -0.497 e. The molecule has 6 aromatic rings. The lowest BCUT2D eigenvalue weighted by molar-refractivity contribution is 0.261. The summed E-state index contributed by atoms with van der Waals surface area (Å²) >= 11 is 0. The molecule has 10 heteroatoms. The Labute approximate surface area is 223 Å². The topological polar surface area (TPSA) is 105 Å². The molecule has 2 N–H and O–H groups in total. The SMILES string of the molecule is COc1cc(F)cc(-c2cncc3[nH]c(-c4n[nH]c5ccc(-c6cncc(OCCN(C)C)c6)nc45)cc23)c1. The molecule has 196 valence electrons. The first-order valence-corrected chi connectivity index (χ1v) is 12.4. The van der Waals surface area contributed by atoms with Crippen molar-refractivity contribution in [3.63, 3.8) is 0 Å². The second-order valence-corrected chi connectivity index (χ2v) is 9.44. The molecule has 0 aliphatic carbocycles. The van der Waals surface area contributed by atoms with Gasteiger partial charge in [-0.3, -0.25) is 15.1 Å². The minimum absolute atomic E-state index is 0.381. The molecular weight excluding hydrogens is 497 g/mol. The molecular formula is C29H26FN7O2. The van der Waals surface area contributed by atoms with Gasteiger partial charge in [0.1, 0.15) is 35.1 Å². The summed E-state index contributed by atoms with van der Waals surface area (Å²) in [5.74, 6) is 0.747. The van der Waals surface area contributed by atoms with Crippen LogP contribution in [0.4, 0.5) is 4.39 Å². The van der Waals surface area contributed by atoms with Gasteiger partial charge in [-0.25, -0.2) is 9.37 Å². The Morgan fingerprint density at radius 1 is 0.897 bits per heavy atom. The zero-order valence-corrected chi connectivity index (χ0v) is 21.7. The van der Waals surface area contributed by atoms with Crippen LogP contribution in [-0.4, -0.2) is 69.4 Å². The number of methoxy groups -OCH3 is 1. The molecule has 0 radical (unpaired) electrons. The van der Waals surface area contributed by atoms with Gasteiger partial charge in [-0.1, -0.05) is 0 Å². The van der Waals surface area contributed by atoms with E-state index in [4.69, 9.17) is 14.5 Å². The first-order valence-electron chi connectivity index (χ1n) is 12.4. The van der Waals surface area contributed by atoms with Crippen molar-refractivity contribution < 1.29 is 13.9 Å². The van der Waals surface area contributed by atoms with Crippen molar-refractivity contribution in [3.8, 4) is 45.3 Å². The van der Waals surface area contributed by atoms with Crippen LogP contribution < -0.4 is 9.47 Å². The van der Waals surface area contributed by atoms with E-state index in [0.717, 1.165) is 45.5 Å². The van der Waals surface area contributed by atoms with Crippen LogP contribution in [0.5, 0.6) is 11.5 Å². The highest BCUT2D eigenvalue weighted by molar-refractivity contribution is 6.00. The first kappa shape index (κ1) is 24.5. The van der Waals surface area contributed by atoms with Gasteiger partial charge in [0.05, 0.1) is 41.9 Å². The van der Waals surface area contributed by atoms with Crippen molar-refractivity contribution in [2.75, 3.05) is 34.4 Å². The zero-order chi connectivity index (χ0) is 26.9. The highest BCUT2D eigenvalue weighted by Gasteiger charge is 2.16. The summed E-state index contributed by atoms with van der Waals surface area (Å²) < 4.78 is 25.4. The van der Waals surface area contributed by atoms with Crippen molar-refractivity contribution in [1.29, 1.82) is 0 Å². The molecule has 5 aromatic heterocycles. The Hall–Kier alpha value is -4.83. The van der Waals surface area contributed by atoms with Crippen LogP contribution in [0.25, 0.3) is 55.7 Å². The molecule has 0 fully saturated rings. The lowest BCUT2D eigenvalue weighted by atomic mass is 10.0. The molecule has 0 saturated carbocycles. The predicted octanol–water partition coefficient (Wildman–Crippen LogP) is 5.32. The fourth-order valence-corrected chi connectivity index (χ4v) is 4.48. The van der Waals surface area contributed by atoms with Crippen molar-refractivity contribution in [3.05, 3.63) is 73.1 Å². The van der Waals surface area contributed by atoms with Gasteiger partial charge in [0, 0.05) is 41.5 Å². The molecule has 6 rings (SSSR count). The van der Waals surface area contributed by atoms with Crippen LogP contribution in [0.2, 0.25) is 0 Å². The summed E-state index contributed by atoms with van der Waals surface area (Å²) in [5.41, 5.74) is 6.77. The monoisotopic (exact) mass is 523 g/mol. The molecule has 0 bridgehead atoms. The molecule has 5 heterocycles. The summed E-state index contributed by atoms with van der Waals surface area (Å²) in [6.45, 7) is 1.37. The number of benzene rings is 1. The zero-order valence-electron chi connectivity index (χ0n) is 21.7. The number of pyridine rings is 3. The van der Waals surface area contributed by atoms with E-state index in [1.54, 1.807) is 30.9 Å². The second kappa shape index (κ2) is 10.1. The Bertz CT molecular complexity index is 1790. The second-order valence-electron chi connectivity index (χ2n) is 9.44. The Morgan fingerprint density at radius 3 is 2.59 bits per heavy atom. The van der Waals surface area contributed by atoms with Crippen LogP contribution in [0, 0.1) is 5.82 Å². The number of aromatic nitrogens is 6. The van der Waals surface area contributed by atoms with Crippen molar-refractivity contribution in [2.45, 2.75) is 0 Å². The molecule has 9 nitrogen and oxygen atoms in total. The van der Waals surface area contributed by atoms with Gasteiger partial charge in [-0.05, 0) is 56.1 Å². The number of fused-ring (bicyclic) bond motifs is 2. The fourth-order valence-electron chi connectivity index (χ4n) is 4.48. The number of aromatic amines is 2. The van der Waals surface area contributed by atoms with Crippen LogP contribution in [0.1, 0.15) is 0 Å². The summed E-state index contributed by atoms with van der Waals surface area (Å²) in [7, 11) is 5.52. The number of H-pyrrole nitrogens is 2. The molecule has 1 aromatic carbocycles. The van der Waals surface area contributed by atoms with Gasteiger partial charge in [0.25, 0.3) is 0 Å². The molecule has 0 aliphatic heterocycles.